The Morgan fingerprint density at radius 3 is 2.74 bits per heavy atom. The predicted octanol–water partition coefficient (Wildman–Crippen LogP) is 1.19. The molecule has 0 atom stereocenters. The summed E-state index contributed by atoms with van der Waals surface area (Å²) in [6.07, 6.45) is 3.70. The van der Waals surface area contributed by atoms with Gasteiger partial charge in [0.2, 0.25) is 5.91 Å². The molecule has 27 heavy (non-hydrogen) atoms. The van der Waals surface area contributed by atoms with Crippen molar-refractivity contribution in [2.45, 2.75) is 6.54 Å². The van der Waals surface area contributed by atoms with Crippen LogP contribution in [-0.2, 0) is 20.9 Å². The van der Waals surface area contributed by atoms with Crippen LogP contribution in [0.15, 0.2) is 36.2 Å². The van der Waals surface area contributed by atoms with E-state index in [9.17, 15) is 9.59 Å². The lowest BCUT2D eigenvalue weighted by Gasteiger charge is -2.27. The Balaban J connectivity index is 1.66. The van der Waals surface area contributed by atoms with Crippen molar-refractivity contribution in [3.8, 4) is 0 Å². The molecule has 0 spiro atoms. The average Bonchev–Trinajstić information content (AvgIpc) is 3.15. The fraction of sp³-hybridized carbons (Fsp3) is 0.316. The number of fused-ring (bicyclic) bond motifs is 1. The number of para-hydroxylation sites is 1. The number of ether oxygens (including phenoxy) is 1. The Morgan fingerprint density at radius 1 is 1.30 bits per heavy atom. The molecule has 140 valence electrons. The minimum Gasteiger partial charge on any atom is -0.378 e. The SMILES string of the molecule is CN1C(=O)/C(=C/c2cn(CC(=O)N3CCOCC3)c3ccccc23)NC1=S. The number of likely N-dealkylation sites (N-methyl/N-ethyl adjacent to an activating group) is 1. The topological polar surface area (TPSA) is 66.8 Å². The number of carbonyl (C=O) groups is 2. The van der Waals surface area contributed by atoms with Crippen molar-refractivity contribution in [1.82, 2.24) is 19.7 Å². The highest BCUT2D eigenvalue weighted by Crippen LogP contribution is 2.24. The van der Waals surface area contributed by atoms with E-state index in [4.69, 9.17) is 17.0 Å². The normalized spacial score (nSPS) is 19.2. The van der Waals surface area contributed by atoms with Gasteiger partial charge in [0.15, 0.2) is 5.11 Å². The van der Waals surface area contributed by atoms with E-state index in [1.807, 2.05) is 39.9 Å². The Morgan fingerprint density at radius 2 is 2.04 bits per heavy atom. The van der Waals surface area contributed by atoms with Gasteiger partial charge in [-0.05, 0) is 24.4 Å². The first-order valence-electron chi connectivity index (χ1n) is 8.79. The summed E-state index contributed by atoms with van der Waals surface area (Å²) in [4.78, 5) is 28.2. The summed E-state index contributed by atoms with van der Waals surface area (Å²) >= 11 is 5.13. The molecule has 0 saturated carbocycles. The first-order valence-corrected chi connectivity index (χ1v) is 9.19. The largest absolute Gasteiger partial charge is 0.378 e. The van der Waals surface area contributed by atoms with Crippen LogP contribution in [0.4, 0.5) is 0 Å². The number of hydrogen-bond donors (Lipinski definition) is 1. The molecule has 2 aliphatic heterocycles. The quantitative estimate of drug-likeness (QED) is 0.636. The summed E-state index contributed by atoms with van der Waals surface area (Å²) in [6.45, 7) is 2.66. The highest BCUT2D eigenvalue weighted by atomic mass is 32.1. The fourth-order valence-corrected chi connectivity index (χ4v) is 3.55. The molecule has 4 rings (SSSR count). The first kappa shape index (κ1) is 17.7. The Bertz CT molecular complexity index is 959. The number of rotatable bonds is 3. The lowest BCUT2D eigenvalue weighted by atomic mass is 10.1. The number of benzene rings is 1. The molecule has 0 unspecified atom stereocenters. The molecule has 1 aromatic carbocycles. The molecule has 0 radical (unpaired) electrons. The van der Waals surface area contributed by atoms with Gasteiger partial charge in [-0.2, -0.15) is 0 Å². The van der Waals surface area contributed by atoms with Crippen LogP contribution < -0.4 is 5.32 Å². The van der Waals surface area contributed by atoms with Gasteiger partial charge < -0.3 is 19.5 Å². The Kier molecular flexibility index (Phi) is 4.67. The van der Waals surface area contributed by atoms with Crippen LogP contribution in [-0.4, -0.2) is 64.6 Å². The summed E-state index contributed by atoms with van der Waals surface area (Å²) in [5.41, 5.74) is 2.26. The minimum atomic E-state index is -0.166. The van der Waals surface area contributed by atoms with Gasteiger partial charge in [-0.15, -0.1) is 0 Å². The van der Waals surface area contributed by atoms with Crippen molar-refractivity contribution in [3.63, 3.8) is 0 Å². The van der Waals surface area contributed by atoms with Gasteiger partial charge in [0, 0.05) is 42.8 Å². The van der Waals surface area contributed by atoms with Crippen molar-refractivity contribution in [2.24, 2.45) is 0 Å². The second kappa shape index (κ2) is 7.13. The van der Waals surface area contributed by atoms with Crippen LogP contribution >= 0.6 is 12.2 Å². The van der Waals surface area contributed by atoms with Gasteiger partial charge in [-0.1, -0.05) is 18.2 Å². The zero-order chi connectivity index (χ0) is 19.0. The van der Waals surface area contributed by atoms with E-state index in [1.54, 1.807) is 13.1 Å². The van der Waals surface area contributed by atoms with Gasteiger partial charge in [-0.25, -0.2) is 0 Å². The molecule has 3 heterocycles. The third-order valence-electron chi connectivity index (χ3n) is 4.87. The summed E-state index contributed by atoms with van der Waals surface area (Å²) in [6, 6.07) is 7.85. The maximum atomic E-state index is 12.6. The maximum absolute atomic E-state index is 12.6. The molecule has 7 nitrogen and oxygen atoms in total. The zero-order valence-electron chi connectivity index (χ0n) is 15.0. The Hall–Kier alpha value is -2.71. The van der Waals surface area contributed by atoms with Gasteiger partial charge in [0.05, 0.1) is 13.2 Å². The highest BCUT2D eigenvalue weighted by Gasteiger charge is 2.27. The molecule has 1 aromatic heterocycles. The smallest absolute Gasteiger partial charge is 0.276 e. The molecule has 2 amide bonds. The van der Waals surface area contributed by atoms with E-state index in [0.29, 0.717) is 37.1 Å². The van der Waals surface area contributed by atoms with E-state index in [-0.39, 0.29) is 18.4 Å². The average molecular weight is 384 g/mol. The van der Waals surface area contributed by atoms with Gasteiger partial charge >= 0.3 is 0 Å². The molecule has 2 aromatic rings. The maximum Gasteiger partial charge on any atom is 0.276 e. The number of nitrogens with zero attached hydrogens (tertiary/aromatic N) is 3. The van der Waals surface area contributed by atoms with Crippen LogP contribution in [0, 0.1) is 0 Å². The van der Waals surface area contributed by atoms with Crippen molar-refractivity contribution < 1.29 is 14.3 Å². The summed E-state index contributed by atoms with van der Waals surface area (Å²) < 4.78 is 7.25. The summed E-state index contributed by atoms with van der Waals surface area (Å²) in [5, 5.41) is 4.31. The number of morpholine rings is 1. The highest BCUT2D eigenvalue weighted by molar-refractivity contribution is 7.80. The Labute approximate surface area is 162 Å². The van der Waals surface area contributed by atoms with E-state index >= 15 is 0 Å². The van der Waals surface area contributed by atoms with Crippen molar-refractivity contribution in [3.05, 3.63) is 41.7 Å². The fourth-order valence-electron chi connectivity index (χ4n) is 3.36. The number of nitrogens with one attached hydrogen (secondary N) is 1. The molecule has 2 saturated heterocycles. The molecule has 2 fully saturated rings. The number of hydrogen-bond acceptors (Lipinski definition) is 4. The van der Waals surface area contributed by atoms with Crippen LogP contribution in [0.25, 0.3) is 17.0 Å². The van der Waals surface area contributed by atoms with E-state index < -0.39 is 0 Å². The van der Waals surface area contributed by atoms with E-state index in [1.165, 1.54) is 4.90 Å². The molecule has 0 aliphatic carbocycles. The van der Waals surface area contributed by atoms with E-state index in [2.05, 4.69) is 5.32 Å². The van der Waals surface area contributed by atoms with Crippen molar-refractivity contribution in [2.75, 3.05) is 33.4 Å². The monoisotopic (exact) mass is 384 g/mol. The number of thiocarbonyl (C=S) groups is 1. The first-order chi connectivity index (χ1) is 13.0. The summed E-state index contributed by atoms with van der Waals surface area (Å²) in [5.74, 6) is -0.101. The second-order valence-electron chi connectivity index (χ2n) is 6.57. The molecular weight excluding hydrogens is 364 g/mol. The second-order valence-corrected chi connectivity index (χ2v) is 6.96. The van der Waals surface area contributed by atoms with Gasteiger partial charge in [-0.3, -0.25) is 14.5 Å². The lowest BCUT2D eigenvalue weighted by Crippen LogP contribution is -2.42. The van der Waals surface area contributed by atoms with Crippen molar-refractivity contribution >= 4 is 46.1 Å². The third-order valence-corrected chi connectivity index (χ3v) is 5.25. The van der Waals surface area contributed by atoms with Crippen LogP contribution in [0.2, 0.25) is 0 Å². The molecule has 0 bridgehead atoms. The lowest BCUT2D eigenvalue weighted by molar-refractivity contribution is -0.135. The zero-order valence-corrected chi connectivity index (χ0v) is 15.8. The van der Waals surface area contributed by atoms with Crippen LogP contribution in [0.3, 0.4) is 0 Å². The minimum absolute atomic E-state index is 0.0641. The predicted molar refractivity (Wildman–Crippen MR) is 106 cm³/mol. The molecule has 2 aliphatic rings. The molecular formula is C19H20N4O3S. The number of aromatic nitrogens is 1. The van der Waals surface area contributed by atoms with E-state index in [0.717, 1.165) is 16.5 Å². The van der Waals surface area contributed by atoms with Crippen LogP contribution in [0.1, 0.15) is 5.56 Å². The molecule has 1 N–H and O–H groups in total. The van der Waals surface area contributed by atoms with Crippen molar-refractivity contribution in [1.29, 1.82) is 0 Å². The standard InChI is InChI=1S/C19H20N4O3S/c1-21-18(25)15(20-19(21)27)10-13-11-23(16-5-3-2-4-14(13)16)12-17(24)22-6-8-26-9-7-22/h2-5,10-11H,6-9,12H2,1H3,(H,20,27)/b15-10-. The number of amides is 2. The summed E-state index contributed by atoms with van der Waals surface area (Å²) in [7, 11) is 1.64. The third kappa shape index (κ3) is 3.33. The number of carbonyl (C=O) groups excluding carboxylic acids is 2. The molecule has 8 heteroatoms. The van der Waals surface area contributed by atoms with Gasteiger partial charge in [0.1, 0.15) is 12.2 Å². The van der Waals surface area contributed by atoms with Gasteiger partial charge in [0.25, 0.3) is 5.91 Å². The van der Waals surface area contributed by atoms with Crippen LogP contribution in [0.5, 0.6) is 0 Å².